The van der Waals surface area contributed by atoms with E-state index in [1.165, 1.54) is 24.1 Å². The zero-order chi connectivity index (χ0) is 17.5. The maximum absolute atomic E-state index is 4.62. The summed E-state index contributed by atoms with van der Waals surface area (Å²) in [7, 11) is 0. The molecule has 0 amide bonds. The molecule has 0 unspecified atom stereocenters. The molecule has 0 saturated carbocycles. The van der Waals surface area contributed by atoms with Crippen molar-refractivity contribution in [1.82, 2.24) is 29.5 Å². The van der Waals surface area contributed by atoms with Gasteiger partial charge in [0.05, 0.1) is 0 Å². The van der Waals surface area contributed by atoms with Crippen LogP contribution in [0.4, 0.5) is 11.6 Å². The van der Waals surface area contributed by atoms with E-state index in [1.54, 1.807) is 6.33 Å². The molecule has 2 aliphatic rings. The van der Waals surface area contributed by atoms with Crippen LogP contribution in [0, 0.1) is 6.92 Å². The van der Waals surface area contributed by atoms with Crippen molar-refractivity contribution in [2.45, 2.75) is 32.6 Å². The molecule has 0 spiro atoms. The van der Waals surface area contributed by atoms with Gasteiger partial charge in [0.1, 0.15) is 18.0 Å². The van der Waals surface area contributed by atoms with Gasteiger partial charge in [-0.05, 0) is 32.6 Å². The Labute approximate surface area is 151 Å². The van der Waals surface area contributed by atoms with Crippen molar-refractivity contribution in [3.63, 3.8) is 0 Å². The summed E-state index contributed by atoms with van der Waals surface area (Å²) in [5.74, 6) is 2.94. The van der Waals surface area contributed by atoms with Gasteiger partial charge in [0.2, 0.25) is 5.65 Å². The minimum Gasteiger partial charge on any atom is -0.353 e. The number of nitrogens with zero attached hydrogens (tertiary/aromatic N) is 8. The Morgan fingerprint density at radius 2 is 1.62 bits per heavy atom. The average molecular weight is 350 g/mol. The van der Waals surface area contributed by atoms with Gasteiger partial charge in [0.15, 0.2) is 5.82 Å². The van der Waals surface area contributed by atoms with E-state index in [1.807, 2.05) is 23.7 Å². The zero-order valence-electron chi connectivity index (χ0n) is 15.0. The highest BCUT2D eigenvalue weighted by atomic mass is 15.3. The van der Waals surface area contributed by atoms with Gasteiger partial charge in [-0.25, -0.2) is 15.0 Å². The maximum atomic E-state index is 4.62. The predicted molar refractivity (Wildman–Crippen MR) is 98.6 cm³/mol. The minimum atomic E-state index is 0.831. The first kappa shape index (κ1) is 15.5. The minimum absolute atomic E-state index is 0.831. The molecule has 134 valence electrons. The second-order valence-corrected chi connectivity index (χ2v) is 7.00. The Morgan fingerprint density at radius 1 is 0.846 bits per heavy atom. The Balaban J connectivity index is 1.38. The molecule has 1 aliphatic heterocycles. The van der Waals surface area contributed by atoms with Gasteiger partial charge >= 0.3 is 0 Å². The maximum Gasteiger partial charge on any atom is 0.203 e. The van der Waals surface area contributed by atoms with Crippen LogP contribution in [0.15, 0.2) is 18.7 Å². The molecule has 0 bridgehead atoms. The molecule has 3 aromatic rings. The predicted octanol–water partition coefficient (Wildman–Crippen LogP) is 1.43. The molecule has 0 atom stereocenters. The lowest BCUT2D eigenvalue weighted by Gasteiger charge is -2.37. The first-order valence-electron chi connectivity index (χ1n) is 9.30. The molecule has 0 N–H and O–H groups in total. The van der Waals surface area contributed by atoms with E-state index in [-0.39, 0.29) is 0 Å². The smallest absolute Gasteiger partial charge is 0.203 e. The van der Waals surface area contributed by atoms with Gasteiger partial charge in [-0.2, -0.15) is 0 Å². The van der Waals surface area contributed by atoms with Crippen molar-refractivity contribution in [2.24, 2.45) is 0 Å². The highest BCUT2D eigenvalue weighted by Gasteiger charge is 2.25. The number of piperazine rings is 1. The number of fused-ring (bicyclic) bond motifs is 2. The summed E-state index contributed by atoms with van der Waals surface area (Å²) in [5, 5.41) is 8.48. The summed E-state index contributed by atoms with van der Waals surface area (Å²) in [5.41, 5.74) is 3.44. The molecule has 8 heteroatoms. The lowest BCUT2D eigenvalue weighted by molar-refractivity contribution is 0.620. The molecule has 1 aliphatic carbocycles. The highest BCUT2D eigenvalue weighted by Crippen LogP contribution is 2.28. The van der Waals surface area contributed by atoms with E-state index >= 15 is 0 Å². The van der Waals surface area contributed by atoms with Gasteiger partial charge in [-0.15, -0.1) is 10.2 Å². The summed E-state index contributed by atoms with van der Waals surface area (Å²) >= 11 is 0. The van der Waals surface area contributed by atoms with Crippen molar-refractivity contribution in [2.75, 3.05) is 36.0 Å². The van der Waals surface area contributed by atoms with Crippen LogP contribution in [0.25, 0.3) is 5.65 Å². The SMILES string of the molecule is Cc1nnc2c(N3CCN(c4ncnc5c4CCCC5)CC3)nccn12. The van der Waals surface area contributed by atoms with Crippen LogP contribution in [0.3, 0.4) is 0 Å². The standard InChI is InChI=1S/C18H22N8/c1-13-22-23-18-17(19-6-7-26(13)18)25-10-8-24(9-11-25)16-14-4-2-3-5-15(14)20-12-21-16/h6-7,12H,2-5,8-11H2,1H3. The highest BCUT2D eigenvalue weighted by molar-refractivity contribution is 5.64. The number of rotatable bonds is 2. The Bertz CT molecular complexity index is 942. The lowest BCUT2D eigenvalue weighted by Crippen LogP contribution is -2.47. The molecule has 0 aromatic carbocycles. The van der Waals surface area contributed by atoms with E-state index in [9.17, 15) is 0 Å². The first-order chi connectivity index (χ1) is 12.8. The third kappa shape index (κ3) is 2.48. The zero-order valence-corrected chi connectivity index (χ0v) is 15.0. The molecule has 3 aromatic heterocycles. The number of anilines is 2. The number of hydrogen-bond donors (Lipinski definition) is 0. The molecule has 1 saturated heterocycles. The van der Waals surface area contributed by atoms with E-state index in [0.29, 0.717) is 0 Å². The third-order valence-electron chi connectivity index (χ3n) is 5.46. The summed E-state index contributed by atoms with van der Waals surface area (Å²) in [6.07, 6.45) is 10.1. The molecular weight excluding hydrogens is 328 g/mol. The molecule has 8 nitrogen and oxygen atoms in total. The fraction of sp³-hybridized carbons (Fsp3) is 0.500. The van der Waals surface area contributed by atoms with Gasteiger partial charge in [0.25, 0.3) is 0 Å². The largest absolute Gasteiger partial charge is 0.353 e. The third-order valence-corrected chi connectivity index (χ3v) is 5.46. The Kier molecular flexibility index (Phi) is 3.69. The van der Waals surface area contributed by atoms with Crippen LogP contribution in [0.5, 0.6) is 0 Å². The van der Waals surface area contributed by atoms with E-state index < -0.39 is 0 Å². The van der Waals surface area contributed by atoms with Crippen LogP contribution in [0.1, 0.15) is 29.9 Å². The summed E-state index contributed by atoms with van der Waals surface area (Å²) in [4.78, 5) is 18.4. The lowest BCUT2D eigenvalue weighted by atomic mass is 9.96. The first-order valence-corrected chi connectivity index (χ1v) is 9.30. The van der Waals surface area contributed by atoms with Crippen molar-refractivity contribution in [3.05, 3.63) is 35.8 Å². The normalized spacial score (nSPS) is 17.6. The van der Waals surface area contributed by atoms with Crippen LogP contribution < -0.4 is 9.80 Å². The van der Waals surface area contributed by atoms with Crippen molar-refractivity contribution < 1.29 is 0 Å². The van der Waals surface area contributed by atoms with Gasteiger partial charge in [-0.3, -0.25) is 4.40 Å². The second kappa shape index (κ2) is 6.19. The Morgan fingerprint density at radius 3 is 2.46 bits per heavy atom. The van der Waals surface area contributed by atoms with Gasteiger partial charge in [0, 0.05) is 49.8 Å². The molecule has 26 heavy (non-hydrogen) atoms. The van der Waals surface area contributed by atoms with E-state index in [4.69, 9.17) is 0 Å². The van der Waals surface area contributed by atoms with Gasteiger partial charge in [-0.1, -0.05) is 0 Å². The molecular formula is C18H22N8. The number of aromatic nitrogens is 6. The average Bonchev–Trinajstić information content (AvgIpc) is 3.09. The Hall–Kier alpha value is -2.77. The van der Waals surface area contributed by atoms with Crippen LogP contribution in [-0.4, -0.2) is 55.7 Å². The molecule has 0 radical (unpaired) electrons. The van der Waals surface area contributed by atoms with Crippen LogP contribution >= 0.6 is 0 Å². The molecule has 1 fully saturated rings. The molecule has 4 heterocycles. The topological polar surface area (TPSA) is 75.3 Å². The monoisotopic (exact) mass is 350 g/mol. The van der Waals surface area contributed by atoms with Crippen molar-refractivity contribution in [1.29, 1.82) is 0 Å². The summed E-state index contributed by atoms with van der Waals surface area (Å²) in [6, 6.07) is 0. The van der Waals surface area contributed by atoms with E-state index in [0.717, 1.165) is 62.1 Å². The second-order valence-electron chi connectivity index (χ2n) is 7.00. The van der Waals surface area contributed by atoms with Crippen molar-refractivity contribution >= 4 is 17.3 Å². The quantitative estimate of drug-likeness (QED) is 0.692. The van der Waals surface area contributed by atoms with E-state index in [2.05, 4.69) is 34.9 Å². The fourth-order valence-electron chi connectivity index (χ4n) is 4.06. The van der Waals surface area contributed by atoms with Crippen LogP contribution in [-0.2, 0) is 12.8 Å². The van der Waals surface area contributed by atoms with Gasteiger partial charge < -0.3 is 9.80 Å². The van der Waals surface area contributed by atoms with Crippen LogP contribution in [0.2, 0.25) is 0 Å². The van der Waals surface area contributed by atoms with Crippen molar-refractivity contribution in [3.8, 4) is 0 Å². The fourth-order valence-corrected chi connectivity index (χ4v) is 4.06. The summed E-state index contributed by atoms with van der Waals surface area (Å²) in [6.45, 7) is 5.62. The molecule has 5 rings (SSSR count). The number of hydrogen-bond acceptors (Lipinski definition) is 7. The summed E-state index contributed by atoms with van der Waals surface area (Å²) < 4.78 is 2.00. The number of aryl methyl sites for hydroxylation is 2.